The summed E-state index contributed by atoms with van der Waals surface area (Å²) in [6, 6.07) is 6.10. The number of aryl methyl sites for hydroxylation is 3. The molecule has 140 valence electrons. The molecule has 0 spiro atoms. The number of nitrogens with zero attached hydrogens (tertiary/aromatic N) is 2. The molecule has 1 aliphatic rings. The fraction of sp³-hybridized carbons (Fsp3) is 0.545. The van der Waals surface area contributed by atoms with E-state index in [9.17, 15) is 4.79 Å². The Morgan fingerprint density at radius 3 is 2.54 bits per heavy atom. The van der Waals surface area contributed by atoms with Gasteiger partial charge in [-0.05, 0) is 77.4 Å². The average Bonchev–Trinajstić information content (AvgIpc) is 2.87. The van der Waals surface area contributed by atoms with Gasteiger partial charge in [0.2, 0.25) is 0 Å². The molecule has 0 atom stereocenters. The maximum atomic E-state index is 12.8. The average molecular weight is 354 g/mol. The van der Waals surface area contributed by atoms with Crippen LogP contribution in [0.3, 0.4) is 0 Å². The van der Waals surface area contributed by atoms with Gasteiger partial charge in [0.25, 0.3) is 5.91 Å². The van der Waals surface area contributed by atoms with Crippen molar-refractivity contribution in [3.8, 4) is 0 Å². The van der Waals surface area contributed by atoms with Crippen LogP contribution in [0.4, 0.5) is 0 Å². The Bertz CT molecular complexity index is 777. The first-order valence-electron chi connectivity index (χ1n) is 9.94. The molecule has 1 N–H and O–H groups in total. The Balaban J connectivity index is 1.64. The van der Waals surface area contributed by atoms with Gasteiger partial charge in [-0.2, -0.15) is 0 Å². The lowest BCUT2D eigenvalue weighted by Crippen LogP contribution is -2.30. The molecule has 1 saturated heterocycles. The summed E-state index contributed by atoms with van der Waals surface area (Å²) < 4.78 is 0. The number of rotatable bonds is 5. The number of pyridine rings is 1. The zero-order valence-corrected chi connectivity index (χ0v) is 16.4. The second-order valence-electron chi connectivity index (χ2n) is 7.65. The van der Waals surface area contributed by atoms with Crippen LogP contribution >= 0.6 is 0 Å². The first-order chi connectivity index (χ1) is 12.5. The smallest absolute Gasteiger partial charge is 0.252 e. The lowest BCUT2D eigenvalue weighted by atomic mass is 10.0. The number of benzene rings is 1. The van der Waals surface area contributed by atoms with Gasteiger partial charge in [-0.15, -0.1) is 0 Å². The van der Waals surface area contributed by atoms with Crippen LogP contribution in [0.2, 0.25) is 0 Å². The van der Waals surface area contributed by atoms with Crippen LogP contribution in [-0.2, 0) is 0 Å². The van der Waals surface area contributed by atoms with Crippen molar-refractivity contribution in [1.29, 1.82) is 0 Å². The van der Waals surface area contributed by atoms with Crippen LogP contribution in [0.25, 0.3) is 10.9 Å². The molecular weight excluding hydrogens is 322 g/mol. The number of nitrogens with one attached hydrogen (secondary N) is 1. The molecule has 3 rings (SSSR count). The van der Waals surface area contributed by atoms with E-state index in [1.54, 1.807) is 0 Å². The van der Waals surface area contributed by atoms with Gasteiger partial charge < -0.3 is 10.2 Å². The summed E-state index contributed by atoms with van der Waals surface area (Å²) in [5, 5.41) is 4.08. The van der Waals surface area contributed by atoms with Crippen LogP contribution < -0.4 is 5.32 Å². The molecule has 1 amide bonds. The SMILES string of the molecule is Cc1cc(C)c2nc(C)cc(C(=O)NCCCN3CCCCCC3)c2c1. The topological polar surface area (TPSA) is 45.2 Å². The summed E-state index contributed by atoms with van der Waals surface area (Å²) in [5.74, 6) is 0.0152. The molecular formula is C22H31N3O. The molecule has 2 heterocycles. The minimum atomic E-state index is 0.0152. The number of carbonyl (C=O) groups is 1. The molecule has 2 aromatic rings. The maximum Gasteiger partial charge on any atom is 0.252 e. The minimum Gasteiger partial charge on any atom is -0.352 e. The molecule has 4 nitrogen and oxygen atoms in total. The monoisotopic (exact) mass is 353 g/mol. The van der Waals surface area contributed by atoms with Gasteiger partial charge in [-0.25, -0.2) is 0 Å². The van der Waals surface area contributed by atoms with Crippen LogP contribution in [0.1, 0.15) is 59.3 Å². The Morgan fingerprint density at radius 2 is 1.81 bits per heavy atom. The fourth-order valence-corrected chi connectivity index (χ4v) is 3.96. The number of fused-ring (bicyclic) bond motifs is 1. The highest BCUT2D eigenvalue weighted by atomic mass is 16.1. The van der Waals surface area contributed by atoms with E-state index in [0.717, 1.165) is 52.8 Å². The third-order valence-corrected chi connectivity index (χ3v) is 5.26. The van der Waals surface area contributed by atoms with Crippen LogP contribution in [0.15, 0.2) is 18.2 Å². The normalized spacial score (nSPS) is 15.8. The van der Waals surface area contributed by atoms with Gasteiger partial charge in [0.15, 0.2) is 0 Å². The first kappa shape index (κ1) is 18.8. The van der Waals surface area contributed by atoms with Crippen molar-refractivity contribution in [1.82, 2.24) is 15.2 Å². The zero-order chi connectivity index (χ0) is 18.5. The minimum absolute atomic E-state index is 0.0152. The van der Waals surface area contributed by atoms with Crippen LogP contribution in [0, 0.1) is 20.8 Å². The summed E-state index contributed by atoms with van der Waals surface area (Å²) in [6.45, 7) is 10.3. The molecule has 0 bridgehead atoms. The molecule has 1 aromatic carbocycles. The number of likely N-dealkylation sites (tertiary alicyclic amines) is 1. The van der Waals surface area contributed by atoms with Crippen molar-refractivity contribution in [2.75, 3.05) is 26.2 Å². The predicted molar refractivity (Wildman–Crippen MR) is 108 cm³/mol. The van der Waals surface area contributed by atoms with Crippen LogP contribution in [-0.4, -0.2) is 42.0 Å². The molecule has 0 aliphatic carbocycles. The number of hydrogen-bond donors (Lipinski definition) is 1. The van der Waals surface area contributed by atoms with Crippen LogP contribution in [0.5, 0.6) is 0 Å². The third-order valence-electron chi connectivity index (χ3n) is 5.26. The summed E-state index contributed by atoms with van der Waals surface area (Å²) in [4.78, 5) is 20.0. The van der Waals surface area contributed by atoms with E-state index >= 15 is 0 Å². The summed E-state index contributed by atoms with van der Waals surface area (Å²) in [7, 11) is 0. The molecule has 4 heteroatoms. The quantitative estimate of drug-likeness (QED) is 0.821. The van der Waals surface area contributed by atoms with E-state index in [4.69, 9.17) is 0 Å². The standard InChI is InChI=1S/C22H31N3O/c1-16-13-17(2)21-19(14-16)20(15-18(3)24-21)22(26)23-9-8-12-25-10-6-4-5-7-11-25/h13-15H,4-12H2,1-3H3,(H,23,26). The van der Waals surface area contributed by atoms with E-state index in [1.165, 1.54) is 38.8 Å². The number of carbonyl (C=O) groups excluding carboxylic acids is 1. The van der Waals surface area contributed by atoms with Crippen molar-refractivity contribution in [2.24, 2.45) is 0 Å². The second-order valence-corrected chi connectivity index (χ2v) is 7.65. The number of amides is 1. The Morgan fingerprint density at radius 1 is 1.08 bits per heavy atom. The van der Waals surface area contributed by atoms with Crippen molar-refractivity contribution < 1.29 is 4.79 Å². The van der Waals surface area contributed by atoms with E-state index < -0.39 is 0 Å². The van der Waals surface area contributed by atoms with E-state index in [-0.39, 0.29) is 5.91 Å². The number of hydrogen-bond acceptors (Lipinski definition) is 3. The van der Waals surface area contributed by atoms with E-state index in [1.807, 2.05) is 13.0 Å². The van der Waals surface area contributed by atoms with Crippen molar-refractivity contribution in [3.63, 3.8) is 0 Å². The van der Waals surface area contributed by atoms with Gasteiger partial charge in [-0.1, -0.05) is 24.5 Å². The molecule has 1 aliphatic heterocycles. The van der Waals surface area contributed by atoms with Gasteiger partial charge >= 0.3 is 0 Å². The highest BCUT2D eigenvalue weighted by Gasteiger charge is 2.14. The van der Waals surface area contributed by atoms with Gasteiger partial charge in [0.1, 0.15) is 0 Å². The number of aromatic nitrogens is 1. The highest BCUT2D eigenvalue weighted by molar-refractivity contribution is 6.07. The Hall–Kier alpha value is -1.94. The maximum absolute atomic E-state index is 12.8. The highest BCUT2D eigenvalue weighted by Crippen LogP contribution is 2.23. The summed E-state index contributed by atoms with van der Waals surface area (Å²) >= 11 is 0. The molecule has 0 unspecified atom stereocenters. The van der Waals surface area contributed by atoms with Crippen molar-refractivity contribution in [2.45, 2.75) is 52.9 Å². The summed E-state index contributed by atoms with van der Waals surface area (Å²) in [5.41, 5.74) is 4.85. The Kier molecular flexibility index (Phi) is 6.25. The lowest BCUT2D eigenvalue weighted by molar-refractivity contribution is 0.0953. The fourth-order valence-electron chi connectivity index (χ4n) is 3.96. The van der Waals surface area contributed by atoms with Gasteiger partial charge in [0.05, 0.1) is 11.1 Å². The predicted octanol–water partition coefficient (Wildman–Crippen LogP) is 4.16. The molecule has 0 saturated carbocycles. The second kappa shape index (κ2) is 8.63. The van der Waals surface area contributed by atoms with Gasteiger partial charge in [-0.3, -0.25) is 9.78 Å². The molecule has 26 heavy (non-hydrogen) atoms. The third kappa shape index (κ3) is 4.61. The largest absolute Gasteiger partial charge is 0.352 e. The first-order valence-corrected chi connectivity index (χ1v) is 9.94. The summed E-state index contributed by atoms with van der Waals surface area (Å²) in [6.07, 6.45) is 6.35. The van der Waals surface area contributed by atoms with E-state index in [0.29, 0.717) is 0 Å². The van der Waals surface area contributed by atoms with Crippen molar-refractivity contribution >= 4 is 16.8 Å². The zero-order valence-electron chi connectivity index (χ0n) is 16.4. The van der Waals surface area contributed by atoms with Gasteiger partial charge in [0, 0.05) is 17.6 Å². The molecule has 1 fully saturated rings. The Labute approximate surface area is 157 Å². The molecule has 0 radical (unpaired) electrons. The lowest BCUT2D eigenvalue weighted by Gasteiger charge is -2.19. The molecule has 1 aromatic heterocycles. The van der Waals surface area contributed by atoms with E-state index in [2.05, 4.69) is 41.2 Å². The van der Waals surface area contributed by atoms with Crippen molar-refractivity contribution in [3.05, 3.63) is 40.6 Å².